The van der Waals surface area contributed by atoms with Gasteiger partial charge in [0.25, 0.3) is 5.91 Å². The Balaban J connectivity index is 2.82. The molecule has 6 heteroatoms. The molecule has 2 rings (SSSR count). The molecule has 0 aliphatic carbocycles. The molecule has 0 fully saturated rings. The van der Waals surface area contributed by atoms with E-state index in [0.29, 0.717) is 5.65 Å². The summed E-state index contributed by atoms with van der Waals surface area (Å²) in [6, 6.07) is 0. The van der Waals surface area contributed by atoms with Crippen molar-refractivity contribution in [2.75, 3.05) is 0 Å². The van der Waals surface area contributed by atoms with E-state index in [1.807, 2.05) is 0 Å². The second-order valence-electron chi connectivity index (χ2n) is 2.23. The van der Waals surface area contributed by atoms with Crippen LogP contribution < -0.4 is 5.73 Å². The molecule has 0 unspecified atom stereocenters. The molecule has 2 aromatic heterocycles. The Morgan fingerprint density at radius 1 is 1.50 bits per heavy atom. The zero-order valence-electron chi connectivity index (χ0n) is 6.01. The lowest BCUT2D eigenvalue weighted by Crippen LogP contribution is -2.13. The van der Waals surface area contributed by atoms with Gasteiger partial charge in [0.2, 0.25) is 0 Å². The number of amides is 1. The number of hydrogen-bond donors (Lipinski definition) is 1. The molecule has 0 aliphatic heterocycles. The molecule has 0 aromatic carbocycles. The second-order valence-corrected chi connectivity index (χ2v) is 2.23. The van der Waals surface area contributed by atoms with Gasteiger partial charge >= 0.3 is 0 Å². The summed E-state index contributed by atoms with van der Waals surface area (Å²) in [5.74, 6) is -0.555. The number of carbonyl (C=O) groups excluding carboxylic acids is 1. The molecule has 0 saturated carbocycles. The molecule has 12 heavy (non-hydrogen) atoms. The van der Waals surface area contributed by atoms with Crippen molar-refractivity contribution in [2.24, 2.45) is 5.73 Å². The minimum atomic E-state index is -0.555. The van der Waals surface area contributed by atoms with Gasteiger partial charge < -0.3 is 5.73 Å². The molecule has 0 bridgehead atoms. The predicted octanol–water partition coefficient (Wildman–Crippen LogP) is -0.777. The molecule has 0 atom stereocenters. The molecule has 1 amide bonds. The van der Waals surface area contributed by atoms with Crippen LogP contribution in [0, 0.1) is 0 Å². The maximum atomic E-state index is 10.8. The standard InChI is InChI=1S/C6H5N5O/c7-5(12)4-1-8-2-11-3-9-10-6(4)11/h1-3H,(H2,7,12). The second kappa shape index (κ2) is 2.26. The van der Waals surface area contributed by atoms with E-state index in [0.717, 1.165) is 0 Å². The Labute approximate surface area is 67.0 Å². The number of aromatic nitrogens is 4. The van der Waals surface area contributed by atoms with Crippen LogP contribution in [-0.2, 0) is 0 Å². The fourth-order valence-corrected chi connectivity index (χ4v) is 0.931. The largest absolute Gasteiger partial charge is 0.365 e. The lowest BCUT2D eigenvalue weighted by Gasteiger charge is -1.94. The monoisotopic (exact) mass is 163 g/mol. The van der Waals surface area contributed by atoms with E-state index in [9.17, 15) is 4.79 Å². The number of primary amides is 1. The lowest BCUT2D eigenvalue weighted by molar-refractivity contribution is 0.100. The van der Waals surface area contributed by atoms with E-state index in [4.69, 9.17) is 5.73 Å². The van der Waals surface area contributed by atoms with Gasteiger partial charge in [-0.2, -0.15) is 0 Å². The Bertz CT molecular complexity index is 434. The highest BCUT2D eigenvalue weighted by Crippen LogP contribution is 2.03. The number of fused-ring (bicyclic) bond motifs is 1. The number of nitrogens with two attached hydrogens (primary N) is 1. The first-order valence-corrected chi connectivity index (χ1v) is 3.22. The highest BCUT2D eigenvalue weighted by molar-refractivity contribution is 5.98. The molecule has 2 heterocycles. The van der Waals surface area contributed by atoms with Crippen LogP contribution in [0.2, 0.25) is 0 Å². The van der Waals surface area contributed by atoms with Crippen molar-refractivity contribution in [2.45, 2.75) is 0 Å². The first kappa shape index (κ1) is 6.71. The number of carbonyl (C=O) groups is 1. The van der Waals surface area contributed by atoms with Crippen LogP contribution in [0.3, 0.4) is 0 Å². The van der Waals surface area contributed by atoms with E-state index in [1.165, 1.54) is 23.3 Å². The summed E-state index contributed by atoms with van der Waals surface area (Å²) >= 11 is 0. The average molecular weight is 163 g/mol. The normalized spacial score (nSPS) is 10.3. The van der Waals surface area contributed by atoms with Crippen LogP contribution in [0.15, 0.2) is 18.9 Å². The fraction of sp³-hybridized carbons (Fsp3) is 0. The predicted molar refractivity (Wildman–Crippen MR) is 39.3 cm³/mol. The van der Waals surface area contributed by atoms with Crippen molar-refractivity contribution in [1.82, 2.24) is 19.6 Å². The molecule has 2 aromatic rings. The molecular weight excluding hydrogens is 158 g/mol. The van der Waals surface area contributed by atoms with Crippen LogP contribution in [0.1, 0.15) is 10.4 Å². The van der Waals surface area contributed by atoms with E-state index < -0.39 is 5.91 Å². The van der Waals surface area contributed by atoms with Crippen molar-refractivity contribution >= 4 is 11.6 Å². The van der Waals surface area contributed by atoms with Crippen molar-refractivity contribution in [3.63, 3.8) is 0 Å². The van der Waals surface area contributed by atoms with Crippen molar-refractivity contribution < 1.29 is 4.79 Å². The van der Waals surface area contributed by atoms with E-state index in [-0.39, 0.29) is 5.56 Å². The molecular formula is C6H5N5O. The van der Waals surface area contributed by atoms with Crippen molar-refractivity contribution in [1.29, 1.82) is 0 Å². The maximum Gasteiger partial charge on any atom is 0.254 e. The van der Waals surface area contributed by atoms with Gasteiger partial charge in [0, 0.05) is 6.20 Å². The highest BCUT2D eigenvalue weighted by Gasteiger charge is 2.07. The highest BCUT2D eigenvalue weighted by atomic mass is 16.1. The number of nitrogens with zero attached hydrogens (tertiary/aromatic N) is 4. The zero-order chi connectivity index (χ0) is 8.55. The van der Waals surface area contributed by atoms with Crippen LogP contribution in [-0.4, -0.2) is 25.5 Å². The number of hydrogen-bond acceptors (Lipinski definition) is 4. The third-order valence-corrected chi connectivity index (χ3v) is 1.47. The smallest absolute Gasteiger partial charge is 0.254 e. The molecule has 0 spiro atoms. The van der Waals surface area contributed by atoms with E-state index in [2.05, 4.69) is 15.2 Å². The average Bonchev–Trinajstić information content (AvgIpc) is 2.49. The fourth-order valence-electron chi connectivity index (χ4n) is 0.931. The van der Waals surface area contributed by atoms with Gasteiger partial charge in [0.15, 0.2) is 5.65 Å². The molecule has 60 valence electrons. The zero-order valence-corrected chi connectivity index (χ0v) is 6.01. The molecule has 2 N–H and O–H groups in total. The Hall–Kier alpha value is -1.98. The Morgan fingerprint density at radius 3 is 3.08 bits per heavy atom. The van der Waals surface area contributed by atoms with Gasteiger partial charge in [-0.1, -0.05) is 0 Å². The Kier molecular flexibility index (Phi) is 1.26. The summed E-state index contributed by atoms with van der Waals surface area (Å²) in [4.78, 5) is 14.6. The van der Waals surface area contributed by atoms with E-state index in [1.54, 1.807) is 0 Å². The minimum absolute atomic E-state index is 0.273. The van der Waals surface area contributed by atoms with Gasteiger partial charge in [-0.25, -0.2) is 4.98 Å². The van der Waals surface area contributed by atoms with Gasteiger partial charge in [0.1, 0.15) is 18.2 Å². The quantitative estimate of drug-likeness (QED) is 0.597. The summed E-state index contributed by atoms with van der Waals surface area (Å²) < 4.78 is 1.53. The summed E-state index contributed by atoms with van der Waals surface area (Å²) in [6.07, 6.45) is 4.32. The maximum absolute atomic E-state index is 10.8. The van der Waals surface area contributed by atoms with Gasteiger partial charge in [0.05, 0.1) is 0 Å². The summed E-state index contributed by atoms with van der Waals surface area (Å²) in [5, 5.41) is 7.32. The Morgan fingerprint density at radius 2 is 2.33 bits per heavy atom. The third-order valence-electron chi connectivity index (χ3n) is 1.47. The first-order chi connectivity index (χ1) is 5.79. The van der Waals surface area contributed by atoms with Crippen LogP contribution in [0.25, 0.3) is 5.65 Å². The molecule has 0 radical (unpaired) electrons. The van der Waals surface area contributed by atoms with Crippen LogP contribution >= 0.6 is 0 Å². The molecule has 6 nitrogen and oxygen atoms in total. The van der Waals surface area contributed by atoms with Crippen LogP contribution in [0.4, 0.5) is 0 Å². The molecule has 0 saturated heterocycles. The minimum Gasteiger partial charge on any atom is -0.365 e. The third kappa shape index (κ3) is 0.815. The topological polar surface area (TPSA) is 86.2 Å². The molecule has 0 aliphatic rings. The summed E-state index contributed by atoms with van der Waals surface area (Å²) in [6.45, 7) is 0. The lowest BCUT2D eigenvalue weighted by atomic mass is 10.3. The first-order valence-electron chi connectivity index (χ1n) is 3.22. The van der Waals surface area contributed by atoms with Gasteiger partial charge in [-0.05, 0) is 0 Å². The van der Waals surface area contributed by atoms with Crippen molar-refractivity contribution in [3.8, 4) is 0 Å². The van der Waals surface area contributed by atoms with Crippen molar-refractivity contribution in [3.05, 3.63) is 24.4 Å². The number of rotatable bonds is 1. The van der Waals surface area contributed by atoms with Gasteiger partial charge in [-0.15, -0.1) is 10.2 Å². The van der Waals surface area contributed by atoms with Crippen LogP contribution in [0.5, 0.6) is 0 Å². The van der Waals surface area contributed by atoms with Gasteiger partial charge in [-0.3, -0.25) is 9.20 Å². The van der Waals surface area contributed by atoms with E-state index >= 15 is 0 Å². The summed E-state index contributed by atoms with van der Waals surface area (Å²) in [7, 11) is 0. The summed E-state index contributed by atoms with van der Waals surface area (Å²) in [5.41, 5.74) is 5.78. The SMILES string of the molecule is NC(=O)c1cncn2cnnc12.